The molecule has 0 N–H and O–H groups in total. The maximum atomic E-state index is 2.30. The summed E-state index contributed by atoms with van der Waals surface area (Å²) < 4.78 is 0. The van der Waals surface area contributed by atoms with E-state index in [1.165, 1.54) is 27.8 Å². The van der Waals surface area contributed by atoms with Crippen LogP contribution in [-0.2, 0) is 6.42 Å². The largest absolute Gasteiger partial charge is 0.0622 e. The standard InChI is InChI=1S/C20H18/c1-16-8-5-6-13-20(16)19-12-7-11-18(15-19)14-17-9-3-2-4-10-17/h2-13,15H,14H2,1H3. The zero-order valence-corrected chi connectivity index (χ0v) is 11.7. The van der Waals surface area contributed by atoms with Crippen LogP contribution in [0.5, 0.6) is 0 Å². The van der Waals surface area contributed by atoms with Gasteiger partial charge in [-0.1, -0.05) is 78.9 Å². The SMILES string of the molecule is Cc1ccccc1-c1cccc(Cc2ccccc2)c1. The fourth-order valence-electron chi connectivity index (χ4n) is 2.58. The lowest BCUT2D eigenvalue weighted by atomic mass is 9.97. The number of hydrogen-bond donors (Lipinski definition) is 0. The fourth-order valence-corrected chi connectivity index (χ4v) is 2.58. The first-order valence-electron chi connectivity index (χ1n) is 7.02. The Morgan fingerprint density at radius 3 is 2.15 bits per heavy atom. The van der Waals surface area contributed by atoms with Crippen molar-refractivity contribution in [2.75, 3.05) is 0 Å². The normalized spacial score (nSPS) is 10.4. The summed E-state index contributed by atoms with van der Waals surface area (Å²) in [6.45, 7) is 2.17. The minimum Gasteiger partial charge on any atom is -0.0622 e. The molecule has 0 atom stereocenters. The van der Waals surface area contributed by atoms with Crippen molar-refractivity contribution in [3.63, 3.8) is 0 Å². The van der Waals surface area contributed by atoms with Crippen molar-refractivity contribution in [1.82, 2.24) is 0 Å². The molecule has 0 fully saturated rings. The lowest BCUT2D eigenvalue weighted by Gasteiger charge is -2.08. The average Bonchev–Trinajstić information content (AvgIpc) is 2.49. The van der Waals surface area contributed by atoms with Crippen LogP contribution in [0.25, 0.3) is 11.1 Å². The van der Waals surface area contributed by atoms with Gasteiger partial charge >= 0.3 is 0 Å². The van der Waals surface area contributed by atoms with Gasteiger partial charge in [-0.2, -0.15) is 0 Å². The monoisotopic (exact) mass is 258 g/mol. The molecule has 0 saturated carbocycles. The first kappa shape index (κ1) is 12.7. The highest BCUT2D eigenvalue weighted by Crippen LogP contribution is 2.24. The van der Waals surface area contributed by atoms with E-state index in [1.54, 1.807) is 0 Å². The zero-order chi connectivity index (χ0) is 13.8. The van der Waals surface area contributed by atoms with Gasteiger partial charge in [0.05, 0.1) is 0 Å². The highest BCUT2D eigenvalue weighted by Gasteiger charge is 2.02. The predicted octanol–water partition coefficient (Wildman–Crippen LogP) is 5.25. The van der Waals surface area contributed by atoms with E-state index in [1.807, 2.05) is 0 Å². The summed E-state index contributed by atoms with van der Waals surface area (Å²) in [5, 5.41) is 0. The predicted molar refractivity (Wildman–Crippen MR) is 85.9 cm³/mol. The lowest BCUT2D eigenvalue weighted by molar-refractivity contribution is 1.19. The second kappa shape index (κ2) is 5.75. The van der Waals surface area contributed by atoms with Gasteiger partial charge < -0.3 is 0 Å². The minimum absolute atomic E-state index is 0.987. The molecule has 0 spiro atoms. The van der Waals surface area contributed by atoms with Gasteiger partial charge in [-0.05, 0) is 41.2 Å². The molecule has 0 heteroatoms. The van der Waals surface area contributed by atoms with Gasteiger partial charge in [-0.25, -0.2) is 0 Å². The Kier molecular flexibility index (Phi) is 3.64. The number of benzene rings is 3. The Bertz CT molecular complexity index is 696. The van der Waals surface area contributed by atoms with Crippen LogP contribution in [0.4, 0.5) is 0 Å². The van der Waals surface area contributed by atoms with Gasteiger partial charge in [0.15, 0.2) is 0 Å². The Morgan fingerprint density at radius 2 is 1.35 bits per heavy atom. The van der Waals surface area contributed by atoms with Gasteiger partial charge in [0, 0.05) is 0 Å². The first-order valence-corrected chi connectivity index (χ1v) is 7.02. The maximum absolute atomic E-state index is 2.30. The van der Waals surface area contributed by atoms with E-state index in [-0.39, 0.29) is 0 Å². The summed E-state index contributed by atoms with van der Waals surface area (Å²) in [4.78, 5) is 0. The number of rotatable bonds is 3. The van der Waals surface area contributed by atoms with Crippen molar-refractivity contribution in [1.29, 1.82) is 0 Å². The molecule has 0 nitrogen and oxygen atoms in total. The molecule has 98 valence electrons. The van der Waals surface area contributed by atoms with Gasteiger partial charge in [-0.3, -0.25) is 0 Å². The van der Waals surface area contributed by atoms with E-state index in [0.29, 0.717) is 0 Å². The minimum atomic E-state index is 0.987. The van der Waals surface area contributed by atoms with Crippen molar-refractivity contribution in [3.05, 3.63) is 95.6 Å². The van der Waals surface area contributed by atoms with Crippen LogP contribution in [0.2, 0.25) is 0 Å². The van der Waals surface area contributed by atoms with Crippen LogP contribution in [0.1, 0.15) is 16.7 Å². The molecular formula is C20H18. The van der Waals surface area contributed by atoms with Crippen LogP contribution < -0.4 is 0 Å². The summed E-state index contributed by atoms with van der Waals surface area (Å²) in [6, 6.07) is 28.0. The number of hydrogen-bond acceptors (Lipinski definition) is 0. The first-order chi connectivity index (χ1) is 9.83. The molecule has 0 radical (unpaired) electrons. The van der Waals surface area contributed by atoms with Crippen molar-refractivity contribution in [2.24, 2.45) is 0 Å². The van der Waals surface area contributed by atoms with Crippen molar-refractivity contribution in [3.8, 4) is 11.1 Å². The fraction of sp³-hybridized carbons (Fsp3) is 0.100. The molecular weight excluding hydrogens is 240 g/mol. The van der Waals surface area contributed by atoms with Gasteiger partial charge in [0.25, 0.3) is 0 Å². The molecule has 0 bridgehead atoms. The third-order valence-corrected chi connectivity index (χ3v) is 3.63. The third-order valence-electron chi connectivity index (χ3n) is 3.63. The second-order valence-electron chi connectivity index (χ2n) is 5.18. The summed E-state index contributed by atoms with van der Waals surface area (Å²) in [5.41, 5.74) is 6.66. The van der Waals surface area contributed by atoms with Crippen molar-refractivity contribution >= 4 is 0 Å². The Morgan fingerprint density at radius 1 is 0.650 bits per heavy atom. The number of aryl methyl sites for hydroxylation is 1. The topological polar surface area (TPSA) is 0 Å². The van der Waals surface area contributed by atoms with Crippen LogP contribution in [0, 0.1) is 6.92 Å². The molecule has 0 aliphatic carbocycles. The molecule has 0 heterocycles. The summed E-state index contributed by atoms with van der Waals surface area (Å²) in [5.74, 6) is 0. The highest BCUT2D eigenvalue weighted by atomic mass is 14.1. The smallest absolute Gasteiger partial charge is 0.00256 e. The summed E-state index contributed by atoms with van der Waals surface area (Å²) in [7, 11) is 0. The van der Waals surface area contributed by atoms with E-state index in [2.05, 4.69) is 85.8 Å². The molecule has 3 aromatic rings. The van der Waals surface area contributed by atoms with Crippen LogP contribution in [0.3, 0.4) is 0 Å². The molecule has 0 saturated heterocycles. The molecule has 0 aliphatic rings. The second-order valence-corrected chi connectivity index (χ2v) is 5.18. The van der Waals surface area contributed by atoms with E-state index in [4.69, 9.17) is 0 Å². The maximum Gasteiger partial charge on any atom is -0.00256 e. The van der Waals surface area contributed by atoms with Gasteiger partial charge in [0.2, 0.25) is 0 Å². The van der Waals surface area contributed by atoms with Crippen LogP contribution >= 0.6 is 0 Å². The zero-order valence-electron chi connectivity index (χ0n) is 11.7. The summed E-state index contributed by atoms with van der Waals surface area (Å²) >= 11 is 0. The van der Waals surface area contributed by atoms with E-state index >= 15 is 0 Å². The molecule has 0 aromatic heterocycles. The third kappa shape index (κ3) is 2.80. The molecule has 0 unspecified atom stereocenters. The average molecular weight is 258 g/mol. The Labute approximate surface area is 120 Å². The van der Waals surface area contributed by atoms with Gasteiger partial charge in [-0.15, -0.1) is 0 Å². The van der Waals surface area contributed by atoms with Crippen LogP contribution in [-0.4, -0.2) is 0 Å². The molecule has 20 heavy (non-hydrogen) atoms. The molecule has 3 rings (SSSR count). The van der Waals surface area contributed by atoms with Gasteiger partial charge in [0.1, 0.15) is 0 Å². The van der Waals surface area contributed by atoms with Crippen molar-refractivity contribution < 1.29 is 0 Å². The lowest BCUT2D eigenvalue weighted by Crippen LogP contribution is -1.89. The highest BCUT2D eigenvalue weighted by molar-refractivity contribution is 5.67. The molecule has 3 aromatic carbocycles. The quantitative estimate of drug-likeness (QED) is 0.601. The van der Waals surface area contributed by atoms with Crippen molar-refractivity contribution in [2.45, 2.75) is 13.3 Å². The Balaban J connectivity index is 1.92. The van der Waals surface area contributed by atoms with Crippen LogP contribution in [0.15, 0.2) is 78.9 Å². The molecule has 0 aliphatic heterocycles. The summed E-state index contributed by atoms with van der Waals surface area (Å²) in [6.07, 6.45) is 0.987. The van der Waals surface area contributed by atoms with E-state index < -0.39 is 0 Å². The molecule has 0 amide bonds. The van der Waals surface area contributed by atoms with E-state index in [0.717, 1.165) is 6.42 Å². The van der Waals surface area contributed by atoms with E-state index in [9.17, 15) is 0 Å². The Hall–Kier alpha value is -2.34.